The second-order valence-corrected chi connectivity index (χ2v) is 6.95. The second-order valence-electron chi connectivity index (χ2n) is 4.26. The van der Waals surface area contributed by atoms with Crippen molar-refractivity contribution < 1.29 is 13.2 Å². The van der Waals surface area contributed by atoms with E-state index in [0.717, 1.165) is 16.3 Å². The van der Waals surface area contributed by atoms with Crippen molar-refractivity contribution in [2.24, 2.45) is 0 Å². The van der Waals surface area contributed by atoms with E-state index >= 15 is 0 Å². The van der Waals surface area contributed by atoms with Gasteiger partial charge in [0.2, 0.25) is 10.0 Å². The summed E-state index contributed by atoms with van der Waals surface area (Å²) in [5, 5.41) is 2.75. The molecular formula is C12H17BrN2O3S. The number of benzene rings is 1. The maximum absolute atomic E-state index is 11.9. The van der Waals surface area contributed by atoms with E-state index in [0.29, 0.717) is 25.1 Å². The summed E-state index contributed by atoms with van der Waals surface area (Å²) < 4.78 is 24.8. The molecule has 0 aliphatic heterocycles. The van der Waals surface area contributed by atoms with Gasteiger partial charge < -0.3 is 5.32 Å². The molecule has 5 nitrogen and oxygen atoms in total. The van der Waals surface area contributed by atoms with Crippen LogP contribution in [0.2, 0.25) is 0 Å². The van der Waals surface area contributed by atoms with Gasteiger partial charge in [-0.05, 0) is 41.4 Å². The molecule has 0 atom stereocenters. The molecule has 0 saturated heterocycles. The summed E-state index contributed by atoms with van der Waals surface area (Å²) in [5.41, 5.74) is 1.59. The third-order valence-electron chi connectivity index (χ3n) is 2.37. The van der Waals surface area contributed by atoms with E-state index in [9.17, 15) is 13.2 Å². The Bertz CT molecular complexity index is 558. The molecule has 1 aromatic rings. The Balaban J connectivity index is 2.42. The highest BCUT2D eigenvalue weighted by molar-refractivity contribution is 9.10. The van der Waals surface area contributed by atoms with Crippen molar-refractivity contribution in [1.29, 1.82) is 0 Å². The van der Waals surface area contributed by atoms with Gasteiger partial charge >= 0.3 is 0 Å². The Labute approximate surface area is 122 Å². The Morgan fingerprint density at radius 2 is 2.00 bits per heavy atom. The normalized spacial score (nSPS) is 11.3. The SMILES string of the molecule is Cc1ccc(Br)c(C(=O)NCCCNS(C)(=O)=O)c1. The van der Waals surface area contributed by atoms with Gasteiger partial charge in [0.15, 0.2) is 0 Å². The quantitative estimate of drug-likeness (QED) is 0.763. The van der Waals surface area contributed by atoms with E-state index in [4.69, 9.17) is 0 Å². The maximum Gasteiger partial charge on any atom is 0.252 e. The molecule has 0 fully saturated rings. The van der Waals surface area contributed by atoms with Gasteiger partial charge in [-0.2, -0.15) is 0 Å². The minimum atomic E-state index is -3.16. The van der Waals surface area contributed by atoms with Crippen LogP contribution in [0.3, 0.4) is 0 Å². The molecule has 1 rings (SSSR count). The van der Waals surface area contributed by atoms with E-state index in [1.807, 2.05) is 19.1 Å². The predicted octanol–water partition coefficient (Wildman–Crippen LogP) is 1.43. The molecule has 0 aliphatic rings. The van der Waals surface area contributed by atoms with Crippen LogP contribution in [0.4, 0.5) is 0 Å². The van der Waals surface area contributed by atoms with Gasteiger partial charge in [-0.15, -0.1) is 0 Å². The summed E-state index contributed by atoms with van der Waals surface area (Å²) in [6.07, 6.45) is 1.65. The first-order valence-electron chi connectivity index (χ1n) is 5.78. The molecular weight excluding hydrogens is 332 g/mol. The number of hydrogen-bond donors (Lipinski definition) is 2. The summed E-state index contributed by atoms with van der Waals surface area (Å²) >= 11 is 3.33. The van der Waals surface area contributed by atoms with Crippen LogP contribution in [0.1, 0.15) is 22.3 Å². The van der Waals surface area contributed by atoms with Gasteiger partial charge in [-0.1, -0.05) is 11.6 Å². The molecule has 0 unspecified atom stereocenters. The van der Waals surface area contributed by atoms with Crippen molar-refractivity contribution in [3.8, 4) is 0 Å². The van der Waals surface area contributed by atoms with Crippen LogP contribution in [-0.2, 0) is 10.0 Å². The number of carbonyl (C=O) groups is 1. The molecule has 7 heteroatoms. The van der Waals surface area contributed by atoms with Crippen LogP contribution in [-0.4, -0.2) is 33.7 Å². The number of halogens is 1. The fourth-order valence-corrected chi connectivity index (χ4v) is 2.40. The standard InChI is InChI=1S/C12H17BrN2O3S/c1-9-4-5-11(13)10(8-9)12(16)14-6-3-7-15-19(2,17)18/h4-5,8,15H,3,6-7H2,1-2H3,(H,14,16). The molecule has 2 N–H and O–H groups in total. The number of hydrogen-bond acceptors (Lipinski definition) is 3. The lowest BCUT2D eigenvalue weighted by Crippen LogP contribution is -2.29. The van der Waals surface area contributed by atoms with E-state index in [1.165, 1.54) is 0 Å². The second kappa shape index (κ2) is 7.02. The molecule has 0 spiro atoms. The van der Waals surface area contributed by atoms with E-state index in [2.05, 4.69) is 26.0 Å². The van der Waals surface area contributed by atoms with Crippen molar-refractivity contribution in [1.82, 2.24) is 10.0 Å². The summed E-state index contributed by atoms with van der Waals surface area (Å²) in [5.74, 6) is -0.171. The monoisotopic (exact) mass is 348 g/mol. The fourth-order valence-electron chi connectivity index (χ4n) is 1.46. The lowest BCUT2D eigenvalue weighted by molar-refractivity contribution is 0.0952. The molecule has 0 heterocycles. The van der Waals surface area contributed by atoms with Crippen LogP contribution in [0.5, 0.6) is 0 Å². The molecule has 0 aliphatic carbocycles. The summed E-state index contributed by atoms with van der Waals surface area (Å²) in [4.78, 5) is 11.9. The first kappa shape index (κ1) is 16.1. The Hall–Kier alpha value is -0.920. The van der Waals surface area contributed by atoms with Gasteiger partial charge in [0, 0.05) is 17.6 Å². The fraction of sp³-hybridized carbons (Fsp3) is 0.417. The average molecular weight is 349 g/mol. The smallest absolute Gasteiger partial charge is 0.252 e. The van der Waals surface area contributed by atoms with Gasteiger partial charge in [0.25, 0.3) is 5.91 Å². The summed E-state index contributed by atoms with van der Waals surface area (Å²) in [7, 11) is -3.16. The van der Waals surface area contributed by atoms with E-state index in [1.54, 1.807) is 6.07 Å². The van der Waals surface area contributed by atoms with Crippen molar-refractivity contribution in [3.05, 3.63) is 33.8 Å². The zero-order chi connectivity index (χ0) is 14.5. The van der Waals surface area contributed by atoms with Crippen LogP contribution < -0.4 is 10.0 Å². The van der Waals surface area contributed by atoms with E-state index in [-0.39, 0.29) is 5.91 Å². The summed E-state index contributed by atoms with van der Waals surface area (Å²) in [6, 6.07) is 5.54. The van der Waals surface area contributed by atoms with Crippen molar-refractivity contribution in [2.45, 2.75) is 13.3 Å². The number of amides is 1. The topological polar surface area (TPSA) is 75.3 Å². The highest BCUT2D eigenvalue weighted by Gasteiger charge is 2.09. The number of sulfonamides is 1. The third kappa shape index (κ3) is 6.17. The van der Waals surface area contributed by atoms with Crippen molar-refractivity contribution in [3.63, 3.8) is 0 Å². The minimum Gasteiger partial charge on any atom is -0.352 e. The average Bonchev–Trinajstić information content (AvgIpc) is 2.30. The number of aryl methyl sites for hydroxylation is 1. The zero-order valence-corrected chi connectivity index (χ0v) is 13.3. The highest BCUT2D eigenvalue weighted by atomic mass is 79.9. The van der Waals surface area contributed by atoms with Gasteiger partial charge in [-0.3, -0.25) is 4.79 Å². The lowest BCUT2D eigenvalue weighted by atomic mass is 10.1. The van der Waals surface area contributed by atoms with Gasteiger partial charge in [0.05, 0.1) is 11.8 Å². The summed E-state index contributed by atoms with van der Waals surface area (Å²) in [6.45, 7) is 2.65. The van der Waals surface area contributed by atoms with Crippen molar-refractivity contribution in [2.75, 3.05) is 19.3 Å². The van der Waals surface area contributed by atoms with Crippen LogP contribution in [0, 0.1) is 6.92 Å². The van der Waals surface area contributed by atoms with Crippen LogP contribution >= 0.6 is 15.9 Å². The Morgan fingerprint density at radius 1 is 1.32 bits per heavy atom. The molecule has 19 heavy (non-hydrogen) atoms. The van der Waals surface area contributed by atoms with Crippen molar-refractivity contribution >= 4 is 31.9 Å². The van der Waals surface area contributed by atoms with Gasteiger partial charge in [-0.25, -0.2) is 13.1 Å². The van der Waals surface area contributed by atoms with E-state index < -0.39 is 10.0 Å². The number of carbonyl (C=O) groups excluding carboxylic acids is 1. The first-order valence-corrected chi connectivity index (χ1v) is 8.47. The largest absolute Gasteiger partial charge is 0.352 e. The minimum absolute atomic E-state index is 0.171. The Kier molecular flexibility index (Phi) is 5.96. The predicted molar refractivity (Wildman–Crippen MR) is 78.7 cm³/mol. The third-order valence-corrected chi connectivity index (χ3v) is 3.79. The van der Waals surface area contributed by atoms with Crippen LogP contribution in [0.25, 0.3) is 0 Å². The van der Waals surface area contributed by atoms with Gasteiger partial charge in [0.1, 0.15) is 0 Å². The number of nitrogens with one attached hydrogen (secondary N) is 2. The molecule has 0 bridgehead atoms. The molecule has 1 aromatic carbocycles. The Morgan fingerprint density at radius 3 is 2.63 bits per heavy atom. The molecule has 0 aromatic heterocycles. The maximum atomic E-state index is 11.9. The zero-order valence-electron chi connectivity index (χ0n) is 10.9. The first-order chi connectivity index (χ1) is 8.79. The molecule has 0 radical (unpaired) electrons. The highest BCUT2D eigenvalue weighted by Crippen LogP contribution is 2.17. The molecule has 106 valence electrons. The molecule has 1 amide bonds. The number of rotatable bonds is 6. The molecule has 0 saturated carbocycles. The lowest BCUT2D eigenvalue weighted by Gasteiger charge is -2.08. The van der Waals surface area contributed by atoms with Crippen LogP contribution in [0.15, 0.2) is 22.7 Å².